The van der Waals surface area contributed by atoms with Crippen LogP contribution in [0.5, 0.6) is 0 Å². The van der Waals surface area contributed by atoms with E-state index in [1.54, 1.807) is 44.6 Å². The second-order valence-electron chi connectivity index (χ2n) is 6.07. The van der Waals surface area contributed by atoms with E-state index in [0.29, 0.717) is 28.3 Å². The third-order valence-electron chi connectivity index (χ3n) is 3.89. The second-order valence-corrected chi connectivity index (χ2v) is 6.07. The number of aromatic nitrogens is 3. The van der Waals surface area contributed by atoms with Crippen molar-refractivity contribution in [2.75, 3.05) is 19.4 Å². The van der Waals surface area contributed by atoms with Crippen molar-refractivity contribution < 1.29 is 9.59 Å². The van der Waals surface area contributed by atoms with Crippen LogP contribution in [0.3, 0.4) is 0 Å². The zero-order valence-corrected chi connectivity index (χ0v) is 14.8. The Morgan fingerprint density at radius 3 is 2.58 bits per heavy atom. The van der Waals surface area contributed by atoms with Crippen molar-refractivity contribution in [3.63, 3.8) is 0 Å². The molecule has 1 aromatic carbocycles. The Kier molecular flexibility index (Phi) is 4.79. The standard InChI is InChI=1S/C19H19N5O2/c1-12-7-8-13(19(26)24(2)3)10-15(12)21-18(25)17-11-16(22-23-17)14-6-4-5-9-20-14/h4-11H,1-3H3,(H,21,25)(H,22,23). The first kappa shape index (κ1) is 17.3. The number of aryl methyl sites for hydroxylation is 1. The molecule has 0 spiro atoms. The van der Waals surface area contributed by atoms with E-state index in [0.717, 1.165) is 5.56 Å². The molecule has 2 aromatic heterocycles. The number of carbonyl (C=O) groups is 2. The lowest BCUT2D eigenvalue weighted by molar-refractivity contribution is 0.0827. The van der Waals surface area contributed by atoms with Gasteiger partial charge in [0.1, 0.15) is 11.4 Å². The number of benzene rings is 1. The molecule has 2 amide bonds. The van der Waals surface area contributed by atoms with Crippen molar-refractivity contribution in [3.8, 4) is 11.4 Å². The minimum absolute atomic E-state index is 0.125. The summed E-state index contributed by atoms with van der Waals surface area (Å²) in [7, 11) is 3.37. The number of anilines is 1. The molecule has 0 radical (unpaired) electrons. The molecular weight excluding hydrogens is 330 g/mol. The van der Waals surface area contributed by atoms with Crippen molar-refractivity contribution in [2.24, 2.45) is 0 Å². The monoisotopic (exact) mass is 349 g/mol. The summed E-state index contributed by atoms with van der Waals surface area (Å²) >= 11 is 0. The van der Waals surface area contributed by atoms with E-state index in [1.807, 2.05) is 25.1 Å². The first-order valence-electron chi connectivity index (χ1n) is 8.06. The molecule has 2 N–H and O–H groups in total. The van der Waals surface area contributed by atoms with E-state index in [1.165, 1.54) is 4.90 Å². The molecule has 0 saturated carbocycles. The summed E-state index contributed by atoms with van der Waals surface area (Å²) in [4.78, 5) is 30.3. The fraction of sp³-hybridized carbons (Fsp3) is 0.158. The molecule has 0 unspecified atom stereocenters. The Balaban J connectivity index is 1.81. The number of nitrogens with one attached hydrogen (secondary N) is 2. The molecule has 0 aliphatic carbocycles. The molecule has 0 saturated heterocycles. The Bertz CT molecular complexity index is 948. The normalized spacial score (nSPS) is 10.4. The van der Waals surface area contributed by atoms with Crippen LogP contribution in [0.15, 0.2) is 48.7 Å². The Hall–Kier alpha value is -3.48. The van der Waals surface area contributed by atoms with Crippen LogP contribution in [-0.4, -0.2) is 46.0 Å². The lowest BCUT2D eigenvalue weighted by Gasteiger charge is -2.13. The molecule has 132 valence electrons. The van der Waals surface area contributed by atoms with Crippen LogP contribution in [0.2, 0.25) is 0 Å². The maximum Gasteiger partial charge on any atom is 0.273 e. The molecule has 2 heterocycles. The van der Waals surface area contributed by atoms with Crippen LogP contribution in [0.25, 0.3) is 11.4 Å². The van der Waals surface area contributed by atoms with Gasteiger partial charge in [0.2, 0.25) is 0 Å². The van der Waals surface area contributed by atoms with Gasteiger partial charge < -0.3 is 10.2 Å². The minimum Gasteiger partial charge on any atom is -0.345 e. The topological polar surface area (TPSA) is 91.0 Å². The summed E-state index contributed by atoms with van der Waals surface area (Å²) < 4.78 is 0. The number of hydrogen-bond donors (Lipinski definition) is 2. The number of H-pyrrole nitrogens is 1. The van der Waals surface area contributed by atoms with Crippen LogP contribution in [0, 0.1) is 6.92 Å². The van der Waals surface area contributed by atoms with Gasteiger partial charge in [0, 0.05) is 31.5 Å². The van der Waals surface area contributed by atoms with Gasteiger partial charge in [0.15, 0.2) is 0 Å². The summed E-state index contributed by atoms with van der Waals surface area (Å²) in [5.41, 5.74) is 3.53. The average molecular weight is 349 g/mol. The van der Waals surface area contributed by atoms with E-state index >= 15 is 0 Å². The van der Waals surface area contributed by atoms with Gasteiger partial charge in [-0.3, -0.25) is 19.7 Å². The Labute approximate surface area is 151 Å². The van der Waals surface area contributed by atoms with Crippen molar-refractivity contribution in [1.29, 1.82) is 0 Å². The fourth-order valence-electron chi connectivity index (χ4n) is 2.42. The molecule has 0 fully saturated rings. The number of nitrogens with zero attached hydrogens (tertiary/aromatic N) is 3. The first-order chi connectivity index (χ1) is 12.5. The maximum atomic E-state index is 12.5. The van der Waals surface area contributed by atoms with Crippen molar-refractivity contribution >= 4 is 17.5 Å². The number of pyridine rings is 1. The fourth-order valence-corrected chi connectivity index (χ4v) is 2.42. The molecular formula is C19H19N5O2. The molecule has 7 heteroatoms. The van der Waals surface area contributed by atoms with E-state index in [9.17, 15) is 9.59 Å². The van der Waals surface area contributed by atoms with Gasteiger partial charge in [-0.1, -0.05) is 12.1 Å². The summed E-state index contributed by atoms with van der Waals surface area (Å²) in [5.74, 6) is -0.461. The van der Waals surface area contributed by atoms with Crippen LogP contribution in [0.1, 0.15) is 26.4 Å². The van der Waals surface area contributed by atoms with Crippen LogP contribution in [-0.2, 0) is 0 Å². The quantitative estimate of drug-likeness (QED) is 0.758. The van der Waals surface area contributed by atoms with E-state index < -0.39 is 0 Å². The molecule has 7 nitrogen and oxygen atoms in total. The highest BCUT2D eigenvalue weighted by atomic mass is 16.2. The van der Waals surface area contributed by atoms with Crippen molar-refractivity contribution in [3.05, 3.63) is 65.5 Å². The molecule has 3 rings (SSSR count). The molecule has 3 aromatic rings. The van der Waals surface area contributed by atoms with Gasteiger partial charge in [-0.05, 0) is 42.8 Å². The van der Waals surface area contributed by atoms with Gasteiger partial charge in [0.05, 0.1) is 5.69 Å². The van der Waals surface area contributed by atoms with Crippen LogP contribution in [0.4, 0.5) is 5.69 Å². The Morgan fingerprint density at radius 1 is 1.08 bits per heavy atom. The van der Waals surface area contributed by atoms with Crippen molar-refractivity contribution in [1.82, 2.24) is 20.1 Å². The van der Waals surface area contributed by atoms with E-state index in [4.69, 9.17) is 0 Å². The largest absolute Gasteiger partial charge is 0.345 e. The molecule has 0 atom stereocenters. The zero-order chi connectivity index (χ0) is 18.7. The summed E-state index contributed by atoms with van der Waals surface area (Å²) in [6.45, 7) is 1.87. The van der Waals surface area contributed by atoms with Crippen LogP contribution >= 0.6 is 0 Å². The summed E-state index contributed by atoms with van der Waals surface area (Å²) in [6.07, 6.45) is 1.67. The minimum atomic E-state index is -0.336. The maximum absolute atomic E-state index is 12.5. The first-order valence-corrected chi connectivity index (χ1v) is 8.06. The average Bonchev–Trinajstić information content (AvgIpc) is 3.14. The third-order valence-corrected chi connectivity index (χ3v) is 3.89. The van der Waals surface area contributed by atoms with Gasteiger partial charge in [-0.2, -0.15) is 5.10 Å². The number of aromatic amines is 1. The number of amides is 2. The van der Waals surface area contributed by atoms with E-state index in [-0.39, 0.29) is 11.8 Å². The highest BCUT2D eigenvalue weighted by Gasteiger charge is 2.15. The molecule has 0 aliphatic rings. The Morgan fingerprint density at radius 2 is 1.88 bits per heavy atom. The highest BCUT2D eigenvalue weighted by molar-refractivity contribution is 6.04. The SMILES string of the molecule is Cc1ccc(C(=O)N(C)C)cc1NC(=O)c1cc(-c2ccccn2)n[nH]1. The predicted octanol–water partition coefficient (Wildman–Crippen LogP) is 2.73. The number of hydrogen-bond acceptors (Lipinski definition) is 4. The number of carbonyl (C=O) groups excluding carboxylic acids is 2. The van der Waals surface area contributed by atoms with E-state index in [2.05, 4.69) is 20.5 Å². The van der Waals surface area contributed by atoms with Gasteiger partial charge in [0.25, 0.3) is 11.8 Å². The predicted molar refractivity (Wildman–Crippen MR) is 99.0 cm³/mol. The van der Waals surface area contributed by atoms with Gasteiger partial charge in [-0.15, -0.1) is 0 Å². The zero-order valence-electron chi connectivity index (χ0n) is 14.8. The second kappa shape index (κ2) is 7.18. The van der Waals surface area contributed by atoms with Gasteiger partial charge in [-0.25, -0.2) is 0 Å². The lowest BCUT2D eigenvalue weighted by Crippen LogP contribution is -2.22. The van der Waals surface area contributed by atoms with Crippen LogP contribution < -0.4 is 5.32 Å². The molecule has 0 bridgehead atoms. The van der Waals surface area contributed by atoms with Crippen molar-refractivity contribution in [2.45, 2.75) is 6.92 Å². The highest BCUT2D eigenvalue weighted by Crippen LogP contribution is 2.20. The molecule has 26 heavy (non-hydrogen) atoms. The third kappa shape index (κ3) is 3.61. The lowest BCUT2D eigenvalue weighted by atomic mass is 10.1. The summed E-state index contributed by atoms with van der Waals surface area (Å²) in [5, 5.41) is 9.68. The van der Waals surface area contributed by atoms with Gasteiger partial charge >= 0.3 is 0 Å². The summed E-state index contributed by atoms with van der Waals surface area (Å²) in [6, 6.07) is 12.3. The number of rotatable bonds is 4. The molecule has 0 aliphatic heterocycles. The smallest absolute Gasteiger partial charge is 0.273 e.